The summed E-state index contributed by atoms with van der Waals surface area (Å²) in [6.07, 6.45) is 2.48. The molecule has 0 saturated heterocycles. The molecule has 0 aliphatic heterocycles. The van der Waals surface area contributed by atoms with Crippen molar-refractivity contribution in [3.8, 4) is 11.5 Å². The fourth-order valence-electron chi connectivity index (χ4n) is 2.64. The highest BCUT2D eigenvalue weighted by atomic mass is 35.5. The highest BCUT2D eigenvalue weighted by Crippen LogP contribution is 2.18. The molecule has 0 saturated carbocycles. The van der Waals surface area contributed by atoms with E-state index >= 15 is 0 Å². The molecular weight excluding hydrogens is 400 g/mol. The quantitative estimate of drug-likeness (QED) is 0.389. The number of benzene rings is 3. The van der Waals surface area contributed by atoms with Gasteiger partial charge in [0.25, 0.3) is 5.91 Å². The molecule has 0 atom stereocenters. The molecule has 0 bridgehead atoms. The van der Waals surface area contributed by atoms with Crippen molar-refractivity contribution in [2.75, 3.05) is 6.61 Å². The van der Waals surface area contributed by atoms with Crippen molar-refractivity contribution in [3.05, 3.63) is 94.5 Å². The third-order valence-electron chi connectivity index (χ3n) is 4.31. The van der Waals surface area contributed by atoms with Gasteiger partial charge in [-0.3, -0.25) is 4.79 Å². The summed E-state index contributed by atoms with van der Waals surface area (Å²) in [6, 6.07) is 22.6. The van der Waals surface area contributed by atoms with Crippen LogP contribution in [0.5, 0.6) is 11.5 Å². The topological polar surface area (TPSA) is 59.9 Å². The lowest BCUT2D eigenvalue weighted by Crippen LogP contribution is -2.24. The maximum absolute atomic E-state index is 11.9. The number of ether oxygens (including phenoxy) is 2. The Morgan fingerprint density at radius 2 is 1.80 bits per heavy atom. The number of carbonyl (C=O) groups is 1. The number of hydrazone groups is 1. The summed E-state index contributed by atoms with van der Waals surface area (Å²) >= 11 is 6.13. The number of rotatable bonds is 9. The molecule has 0 radical (unpaired) electrons. The van der Waals surface area contributed by atoms with E-state index in [1.807, 2.05) is 72.8 Å². The monoisotopic (exact) mass is 422 g/mol. The number of halogens is 1. The molecule has 3 aromatic carbocycles. The lowest BCUT2D eigenvalue weighted by atomic mass is 10.2. The molecule has 30 heavy (non-hydrogen) atoms. The molecule has 1 amide bonds. The summed E-state index contributed by atoms with van der Waals surface area (Å²) in [6.45, 7) is 2.36. The van der Waals surface area contributed by atoms with Gasteiger partial charge in [-0.1, -0.05) is 48.9 Å². The van der Waals surface area contributed by atoms with E-state index < -0.39 is 0 Å². The molecule has 1 N–H and O–H groups in total. The maximum Gasteiger partial charge on any atom is 0.277 e. The van der Waals surface area contributed by atoms with E-state index in [2.05, 4.69) is 17.5 Å². The van der Waals surface area contributed by atoms with Crippen LogP contribution in [0.4, 0.5) is 0 Å². The van der Waals surface area contributed by atoms with E-state index in [9.17, 15) is 4.79 Å². The number of amides is 1. The SMILES string of the molecule is CCc1cccc(OCC(=O)N/N=C/c2ccc(OCc3ccccc3Cl)cc2)c1. The van der Waals surface area contributed by atoms with Crippen LogP contribution in [-0.2, 0) is 17.8 Å². The van der Waals surface area contributed by atoms with Crippen LogP contribution in [0.1, 0.15) is 23.6 Å². The number of hydrogen-bond donors (Lipinski definition) is 1. The molecule has 0 spiro atoms. The van der Waals surface area contributed by atoms with E-state index in [0.29, 0.717) is 17.4 Å². The van der Waals surface area contributed by atoms with E-state index in [-0.39, 0.29) is 12.5 Å². The first-order valence-corrected chi connectivity index (χ1v) is 10.0. The zero-order valence-electron chi connectivity index (χ0n) is 16.7. The Bertz CT molecular complexity index is 1000. The number of hydrogen-bond acceptors (Lipinski definition) is 4. The molecule has 3 aromatic rings. The van der Waals surface area contributed by atoms with Crippen molar-refractivity contribution in [2.24, 2.45) is 5.10 Å². The predicted octanol–water partition coefficient (Wildman–Crippen LogP) is 5.01. The van der Waals surface area contributed by atoms with Crippen molar-refractivity contribution < 1.29 is 14.3 Å². The minimum Gasteiger partial charge on any atom is -0.489 e. The Kier molecular flexibility index (Phi) is 7.86. The predicted molar refractivity (Wildman–Crippen MR) is 119 cm³/mol. The van der Waals surface area contributed by atoms with Gasteiger partial charge in [0.2, 0.25) is 0 Å². The first-order valence-electron chi connectivity index (χ1n) is 9.64. The van der Waals surface area contributed by atoms with Crippen LogP contribution in [0.3, 0.4) is 0 Å². The van der Waals surface area contributed by atoms with Crippen LogP contribution in [0.25, 0.3) is 0 Å². The van der Waals surface area contributed by atoms with Crippen LogP contribution in [-0.4, -0.2) is 18.7 Å². The summed E-state index contributed by atoms with van der Waals surface area (Å²) in [7, 11) is 0. The van der Waals surface area contributed by atoms with Crippen LogP contribution in [0, 0.1) is 0 Å². The molecule has 154 valence electrons. The minimum atomic E-state index is -0.326. The normalized spacial score (nSPS) is 10.7. The molecule has 6 heteroatoms. The molecule has 0 aliphatic rings. The summed E-state index contributed by atoms with van der Waals surface area (Å²) in [5.74, 6) is 1.06. The van der Waals surface area contributed by atoms with E-state index in [1.165, 1.54) is 0 Å². The first-order chi connectivity index (χ1) is 14.6. The van der Waals surface area contributed by atoms with Gasteiger partial charge in [-0.05, 0) is 60.0 Å². The van der Waals surface area contributed by atoms with Gasteiger partial charge in [-0.2, -0.15) is 5.10 Å². The molecule has 0 aromatic heterocycles. The van der Waals surface area contributed by atoms with Crippen LogP contribution >= 0.6 is 11.6 Å². The third-order valence-corrected chi connectivity index (χ3v) is 4.68. The van der Waals surface area contributed by atoms with Gasteiger partial charge in [-0.25, -0.2) is 5.43 Å². The molecule has 0 fully saturated rings. The number of nitrogens with one attached hydrogen (secondary N) is 1. The lowest BCUT2D eigenvalue weighted by molar-refractivity contribution is -0.123. The van der Waals surface area contributed by atoms with Crippen molar-refractivity contribution in [1.82, 2.24) is 5.43 Å². The van der Waals surface area contributed by atoms with Gasteiger partial charge in [0.1, 0.15) is 18.1 Å². The lowest BCUT2D eigenvalue weighted by Gasteiger charge is -2.08. The van der Waals surface area contributed by atoms with E-state index in [0.717, 1.165) is 28.9 Å². The van der Waals surface area contributed by atoms with Gasteiger partial charge in [0, 0.05) is 10.6 Å². The van der Waals surface area contributed by atoms with Gasteiger partial charge < -0.3 is 9.47 Å². The van der Waals surface area contributed by atoms with Gasteiger partial charge >= 0.3 is 0 Å². The first kappa shape index (κ1) is 21.4. The molecular formula is C24H23ClN2O3. The second kappa shape index (κ2) is 11.0. The van der Waals surface area contributed by atoms with Crippen molar-refractivity contribution in [3.63, 3.8) is 0 Å². The molecule has 0 heterocycles. The summed E-state index contributed by atoms with van der Waals surface area (Å²) in [5.41, 5.74) is 5.37. The van der Waals surface area contributed by atoms with Crippen LogP contribution in [0.2, 0.25) is 5.02 Å². The molecule has 3 rings (SSSR count). The Morgan fingerprint density at radius 3 is 2.57 bits per heavy atom. The van der Waals surface area contributed by atoms with E-state index in [1.54, 1.807) is 6.21 Å². The largest absolute Gasteiger partial charge is 0.489 e. The Balaban J connectivity index is 1.43. The standard InChI is InChI=1S/C24H23ClN2O3/c1-2-18-6-5-8-22(14-18)30-17-24(28)27-26-15-19-10-12-21(13-11-19)29-16-20-7-3-4-9-23(20)25/h3-15H,2,16-17H2,1H3,(H,27,28)/b26-15+. The zero-order valence-corrected chi connectivity index (χ0v) is 17.4. The second-order valence-corrected chi connectivity index (χ2v) is 6.94. The minimum absolute atomic E-state index is 0.0979. The van der Waals surface area contributed by atoms with Gasteiger partial charge in [0.05, 0.1) is 6.21 Å². The number of carbonyl (C=O) groups excluding carboxylic acids is 1. The highest BCUT2D eigenvalue weighted by molar-refractivity contribution is 6.31. The fourth-order valence-corrected chi connectivity index (χ4v) is 2.83. The second-order valence-electron chi connectivity index (χ2n) is 6.53. The van der Waals surface area contributed by atoms with Gasteiger partial charge in [-0.15, -0.1) is 0 Å². The van der Waals surface area contributed by atoms with Crippen molar-refractivity contribution in [1.29, 1.82) is 0 Å². The molecule has 0 aliphatic carbocycles. The molecule has 5 nitrogen and oxygen atoms in total. The van der Waals surface area contributed by atoms with Crippen LogP contribution in [0.15, 0.2) is 77.9 Å². The Hall–Kier alpha value is -3.31. The zero-order chi connectivity index (χ0) is 21.2. The van der Waals surface area contributed by atoms with Crippen molar-refractivity contribution >= 4 is 23.7 Å². The average molecular weight is 423 g/mol. The fraction of sp³-hybridized carbons (Fsp3) is 0.167. The molecule has 0 unspecified atom stereocenters. The van der Waals surface area contributed by atoms with Crippen LogP contribution < -0.4 is 14.9 Å². The van der Waals surface area contributed by atoms with E-state index in [4.69, 9.17) is 21.1 Å². The average Bonchev–Trinajstić information content (AvgIpc) is 2.78. The number of nitrogens with zero attached hydrogens (tertiary/aromatic N) is 1. The Morgan fingerprint density at radius 1 is 1.00 bits per heavy atom. The smallest absolute Gasteiger partial charge is 0.277 e. The summed E-state index contributed by atoms with van der Waals surface area (Å²) in [4.78, 5) is 11.9. The summed E-state index contributed by atoms with van der Waals surface area (Å²) < 4.78 is 11.2. The summed E-state index contributed by atoms with van der Waals surface area (Å²) in [5, 5.41) is 4.64. The number of aryl methyl sites for hydroxylation is 1. The van der Waals surface area contributed by atoms with Gasteiger partial charge in [0.15, 0.2) is 6.61 Å². The third kappa shape index (κ3) is 6.64. The highest BCUT2D eigenvalue weighted by Gasteiger charge is 2.03. The Labute approximate surface area is 181 Å². The van der Waals surface area contributed by atoms with Crippen molar-refractivity contribution in [2.45, 2.75) is 20.0 Å². The maximum atomic E-state index is 11.9.